The number of hydrogen-bond donors (Lipinski definition) is 1. The number of aryl methyl sites for hydroxylation is 1. The molecule has 0 aliphatic carbocycles. The molecular formula is C14H15FN2S. The lowest BCUT2D eigenvalue weighted by Gasteiger charge is -2.12. The molecule has 1 aromatic heterocycles. The summed E-state index contributed by atoms with van der Waals surface area (Å²) in [4.78, 5) is 4.87. The van der Waals surface area contributed by atoms with Gasteiger partial charge in [-0.2, -0.15) is 0 Å². The van der Waals surface area contributed by atoms with Crippen molar-refractivity contribution in [3.05, 3.63) is 59.7 Å². The number of thioether (sulfide) groups is 1. The van der Waals surface area contributed by atoms with E-state index >= 15 is 0 Å². The van der Waals surface area contributed by atoms with E-state index < -0.39 is 0 Å². The van der Waals surface area contributed by atoms with Gasteiger partial charge < -0.3 is 5.73 Å². The molecule has 0 radical (unpaired) electrons. The van der Waals surface area contributed by atoms with Crippen LogP contribution in [0.5, 0.6) is 0 Å². The number of halogens is 1. The van der Waals surface area contributed by atoms with Crippen molar-refractivity contribution in [3.63, 3.8) is 0 Å². The molecule has 0 aliphatic heterocycles. The van der Waals surface area contributed by atoms with Gasteiger partial charge in [0.2, 0.25) is 0 Å². The lowest BCUT2D eigenvalue weighted by Crippen LogP contribution is -2.14. The van der Waals surface area contributed by atoms with Gasteiger partial charge in [0.15, 0.2) is 0 Å². The Kier molecular flexibility index (Phi) is 4.33. The van der Waals surface area contributed by atoms with Gasteiger partial charge in [-0.1, -0.05) is 17.7 Å². The fourth-order valence-corrected chi connectivity index (χ4v) is 2.66. The number of aromatic nitrogens is 1. The van der Waals surface area contributed by atoms with E-state index in [0.29, 0.717) is 11.3 Å². The second kappa shape index (κ2) is 5.98. The van der Waals surface area contributed by atoms with Gasteiger partial charge >= 0.3 is 0 Å². The molecule has 2 rings (SSSR count). The minimum absolute atomic E-state index is 0.321. The van der Waals surface area contributed by atoms with Crippen LogP contribution in [0.15, 0.2) is 47.6 Å². The number of benzene rings is 1. The van der Waals surface area contributed by atoms with Crippen LogP contribution in [-0.4, -0.2) is 10.7 Å². The topological polar surface area (TPSA) is 38.9 Å². The van der Waals surface area contributed by atoms with Crippen LogP contribution in [0.25, 0.3) is 0 Å². The Labute approximate surface area is 110 Å². The molecule has 0 aliphatic rings. The summed E-state index contributed by atoms with van der Waals surface area (Å²) in [6.45, 7) is 2.05. The van der Waals surface area contributed by atoms with Crippen molar-refractivity contribution in [2.75, 3.05) is 5.75 Å². The zero-order chi connectivity index (χ0) is 13.0. The van der Waals surface area contributed by atoms with Crippen LogP contribution in [-0.2, 0) is 0 Å². The summed E-state index contributed by atoms with van der Waals surface area (Å²) in [5, 5.41) is 0. The van der Waals surface area contributed by atoms with Crippen LogP contribution in [0.2, 0.25) is 0 Å². The van der Waals surface area contributed by atoms with Crippen LogP contribution in [0.1, 0.15) is 17.2 Å². The van der Waals surface area contributed by atoms with E-state index in [1.165, 1.54) is 11.8 Å². The average molecular weight is 262 g/mol. The molecular weight excluding hydrogens is 247 g/mol. The lowest BCUT2D eigenvalue weighted by atomic mass is 10.1. The second-order valence-corrected chi connectivity index (χ2v) is 5.22. The number of hydrogen-bond acceptors (Lipinski definition) is 3. The van der Waals surface area contributed by atoms with Gasteiger partial charge in [0, 0.05) is 28.5 Å². The molecule has 0 fully saturated rings. The summed E-state index contributed by atoms with van der Waals surface area (Å²) in [5.74, 6) is 0.305. The maximum absolute atomic E-state index is 13.5. The van der Waals surface area contributed by atoms with E-state index in [9.17, 15) is 4.39 Å². The van der Waals surface area contributed by atoms with Gasteiger partial charge in [-0.3, -0.25) is 4.98 Å². The molecule has 1 aromatic carbocycles. The van der Waals surface area contributed by atoms with Gasteiger partial charge in [-0.05, 0) is 25.1 Å². The summed E-state index contributed by atoms with van der Waals surface area (Å²) in [5.41, 5.74) is 7.72. The third-order valence-electron chi connectivity index (χ3n) is 2.62. The van der Waals surface area contributed by atoms with Crippen LogP contribution >= 0.6 is 11.8 Å². The Hall–Kier alpha value is -1.39. The third kappa shape index (κ3) is 3.31. The van der Waals surface area contributed by atoms with Crippen LogP contribution in [0.4, 0.5) is 4.39 Å². The normalized spacial score (nSPS) is 12.4. The fraction of sp³-hybridized carbons (Fsp3) is 0.214. The Balaban J connectivity index is 2.00. The van der Waals surface area contributed by atoms with Crippen LogP contribution in [0.3, 0.4) is 0 Å². The fourth-order valence-electron chi connectivity index (χ4n) is 1.67. The first-order valence-electron chi connectivity index (χ1n) is 5.71. The minimum atomic E-state index is -0.338. The minimum Gasteiger partial charge on any atom is -0.323 e. The number of nitrogens with zero attached hydrogens (tertiary/aromatic N) is 1. The van der Waals surface area contributed by atoms with Gasteiger partial charge in [0.25, 0.3) is 0 Å². The SMILES string of the molecule is Cc1cccc(SCC(N)c2ccncc2F)c1. The molecule has 2 aromatic rings. The Bertz CT molecular complexity index is 531. The van der Waals surface area contributed by atoms with E-state index in [2.05, 4.69) is 11.1 Å². The lowest BCUT2D eigenvalue weighted by molar-refractivity contribution is 0.589. The molecule has 1 unspecified atom stereocenters. The van der Waals surface area contributed by atoms with Crippen molar-refractivity contribution in [2.45, 2.75) is 17.9 Å². The van der Waals surface area contributed by atoms with E-state index in [1.54, 1.807) is 24.0 Å². The van der Waals surface area contributed by atoms with Crippen molar-refractivity contribution < 1.29 is 4.39 Å². The molecule has 0 bridgehead atoms. The van der Waals surface area contributed by atoms with Crippen LogP contribution in [0, 0.1) is 12.7 Å². The molecule has 4 heteroatoms. The van der Waals surface area contributed by atoms with E-state index in [4.69, 9.17) is 5.73 Å². The van der Waals surface area contributed by atoms with Crippen molar-refractivity contribution in [2.24, 2.45) is 5.73 Å². The maximum Gasteiger partial charge on any atom is 0.146 e. The molecule has 0 spiro atoms. The highest BCUT2D eigenvalue weighted by Gasteiger charge is 2.11. The molecule has 0 saturated carbocycles. The molecule has 1 atom stereocenters. The highest BCUT2D eigenvalue weighted by molar-refractivity contribution is 7.99. The monoisotopic (exact) mass is 262 g/mol. The van der Waals surface area contributed by atoms with Gasteiger partial charge in [0.05, 0.1) is 6.20 Å². The first kappa shape index (κ1) is 13.1. The van der Waals surface area contributed by atoms with Gasteiger partial charge in [0.1, 0.15) is 5.82 Å². The number of pyridine rings is 1. The highest BCUT2D eigenvalue weighted by Crippen LogP contribution is 2.24. The predicted octanol–water partition coefficient (Wildman–Crippen LogP) is 3.32. The van der Waals surface area contributed by atoms with E-state index in [-0.39, 0.29) is 11.9 Å². The van der Waals surface area contributed by atoms with Crippen molar-refractivity contribution in [1.82, 2.24) is 4.98 Å². The molecule has 18 heavy (non-hydrogen) atoms. The quantitative estimate of drug-likeness (QED) is 0.859. The van der Waals surface area contributed by atoms with E-state index in [1.807, 2.05) is 25.1 Å². The first-order valence-corrected chi connectivity index (χ1v) is 6.70. The molecule has 0 saturated heterocycles. The summed E-state index contributed by atoms with van der Waals surface area (Å²) < 4.78 is 13.5. The van der Waals surface area contributed by atoms with Crippen molar-refractivity contribution in [3.8, 4) is 0 Å². The van der Waals surface area contributed by atoms with E-state index in [0.717, 1.165) is 4.90 Å². The zero-order valence-corrected chi connectivity index (χ0v) is 11.0. The first-order chi connectivity index (χ1) is 8.66. The molecule has 2 nitrogen and oxygen atoms in total. The number of rotatable bonds is 4. The maximum atomic E-state index is 13.5. The summed E-state index contributed by atoms with van der Waals surface area (Å²) >= 11 is 1.63. The largest absolute Gasteiger partial charge is 0.323 e. The summed E-state index contributed by atoms with van der Waals surface area (Å²) in [6, 6.07) is 9.51. The Morgan fingerprint density at radius 2 is 2.22 bits per heavy atom. The average Bonchev–Trinajstić information content (AvgIpc) is 2.37. The third-order valence-corrected chi connectivity index (χ3v) is 3.74. The standard InChI is InChI=1S/C14H15FN2S/c1-10-3-2-4-11(7-10)18-9-14(16)12-5-6-17-8-13(12)15/h2-8,14H,9,16H2,1H3. The van der Waals surface area contributed by atoms with Crippen LogP contribution < -0.4 is 5.73 Å². The molecule has 0 amide bonds. The molecule has 94 valence electrons. The Morgan fingerprint density at radius 3 is 2.94 bits per heavy atom. The van der Waals surface area contributed by atoms with Crippen molar-refractivity contribution >= 4 is 11.8 Å². The van der Waals surface area contributed by atoms with Gasteiger partial charge in [-0.15, -0.1) is 11.8 Å². The molecule has 1 heterocycles. The Morgan fingerprint density at radius 1 is 1.39 bits per heavy atom. The molecule has 2 N–H and O–H groups in total. The zero-order valence-electron chi connectivity index (χ0n) is 10.1. The van der Waals surface area contributed by atoms with Crippen molar-refractivity contribution in [1.29, 1.82) is 0 Å². The second-order valence-electron chi connectivity index (χ2n) is 4.13. The summed E-state index contributed by atoms with van der Waals surface area (Å²) in [7, 11) is 0. The highest BCUT2D eigenvalue weighted by atomic mass is 32.2. The number of nitrogens with two attached hydrogens (primary N) is 1. The summed E-state index contributed by atoms with van der Waals surface area (Å²) in [6.07, 6.45) is 2.77. The smallest absolute Gasteiger partial charge is 0.146 e. The van der Waals surface area contributed by atoms with Gasteiger partial charge in [-0.25, -0.2) is 4.39 Å². The predicted molar refractivity (Wildman–Crippen MR) is 73.0 cm³/mol.